The minimum atomic E-state index is -4.49. The summed E-state index contributed by atoms with van der Waals surface area (Å²) < 4.78 is 64.1. The van der Waals surface area contributed by atoms with Gasteiger partial charge in [0.1, 0.15) is 5.82 Å². The summed E-state index contributed by atoms with van der Waals surface area (Å²) in [6.07, 6.45) is -2.49. The first-order valence-corrected chi connectivity index (χ1v) is 6.88. The van der Waals surface area contributed by atoms with Gasteiger partial charge in [0.25, 0.3) is 0 Å². The van der Waals surface area contributed by atoms with Crippen LogP contribution in [0.15, 0.2) is 36.7 Å². The zero-order valence-corrected chi connectivity index (χ0v) is 12.6. The van der Waals surface area contributed by atoms with Crippen LogP contribution < -0.4 is 0 Å². The molecule has 130 valence electrons. The SMILES string of the molecule is CN(Cc1nccn1C(F)F)C(=O)Cc1cccc(C(F)(F)F)c1. The Kier molecular flexibility index (Phi) is 5.20. The van der Waals surface area contributed by atoms with Crippen LogP contribution in [-0.4, -0.2) is 27.4 Å². The van der Waals surface area contributed by atoms with E-state index in [9.17, 15) is 26.7 Å². The van der Waals surface area contributed by atoms with Crippen LogP contribution in [0.5, 0.6) is 0 Å². The van der Waals surface area contributed by atoms with Gasteiger partial charge < -0.3 is 4.90 Å². The Morgan fingerprint density at radius 2 is 2.04 bits per heavy atom. The molecule has 24 heavy (non-hydrogen) atoms. The van der Waals surface area contributed by atoms with E-state index in [2.05, 4.69) is 4.98 Å². The van der Waals surface area contributed by atoms with Crippen molar-refractivity contribution in [2.75, 3.05) is 7.05 Å². The molecule has 4 nitrogen and oxygen atoms in total. The molecule has 0 saturated carbocycles. The van der Waals surface area contributed by atoms with Gasteiger partial charge in [0.05, 0.1) is 18.5 Å². The number of rotatable bonds is 5. The van der Waals surface area contributed by atoms with Crippen molar-refractivity contribution in [3.63, 3.8) is 0 Å². The molecule has 9 heteroatoms. The summed E-state index contributed by atoms with van der Waals surface area (Å²) in [5.41, 5.74) is -0.650. The lowest BCUT2D eigenvalue weighted by Crippen LogP contribution is -2.29. The Morgan fingerprint density at radius 1 is 1.33 bits per heavy atom. The topological polar surface area (TPSA) is 38.1 Å². The smallest absolute Gasteiger partial charge is 0.338 e. The first kappa shape index (κ1) is 17.9. The van der Waals surface area contributed by atoms with Gasteiger partial charge >= 0.3 is 12.7 Å². The van der Waals surface area contributed by atoms with E-state index < -0.39 is 24.2 Å². The molecule has 0 aliphatic heterocycles. The van der Waals surface area contributed by atoms with Gasteiger partial charge in [-0.05, 0) is 11.6 Å². The number of hydrogen-bond acceptors (Lipinski definition) is 2. The molecule has 0 aliphatic rings. The molecule has 0 fully saturated rings. The number of carbonyl (C=O) groups is 1. The number of amides is 1. The van der Waals surface area contributed by atoms with Gasteiger partial charge in [-0.25, -0.2) is 4.98 Å². The third-order valence-electron chi connectivity index (χ3n) is 3.37. The van der Waals surface area contributed by atoms with Gasteiger partial charge in [-0.3, -0.25) is 9.36 Å². The molecule has 2 rings (SSSR count). The molecule has 0 spiro atoms. The second-order valence-corrected chi connectivity index (χ2v) is 5.15. The molecule has 1 heterocycles. The Bertz CT molecular complexity index is 711. The maximum atomic E-state index is 12.7. The van der Waals surface area contributed by atoms with Crippen LogP contribution in [0.4, 0.5) is 22.0 Å². The fourth-order valence-corrected chi connectivity index (χ4v) is 2.11. The monoisotopic (exact) mass is 347 g/mol. The molecule has 1 amide bonds. The molecular weight excluding hydrogens is 333 g/mol. The lowest BCUT2D eigenvalue weighted by molar-refractivity contribution is -0.138. The van der Waals surface area contributed by atoms with Gasteiger partial charge in [0, 0.05) is 19.4 Å². The zero-order valence-electron chi connectivity index (χ0n) is 12.6. The molecule has 0 radical (unpaired) electrons. The highest BCUT2D eigenvalue weighted by atomic mass is 19.4. The zero-order chi connectivity index (χ0) is 17.9. The summed E-state index contributed by atoms with van der Waals surface area (Å²) in [6.45, 7) is -2.95. The summed E-state index contributed by atoms with van der Waals surface area (Å²) in [4.78, 5) is 17.0. The summed E-state index contributed by atoms with van der Waals surface area (Å²) >= 11 is 0. The van der Waals surface area contributed by atoms with Crippen molar-refractivity contribution in [3.8, 4) is 0 Å². The number of halogens is 5. The summed E-state index contributed by atoms with van der Waals surface area (Å²) in [7, 11) is 1.38. The molecule has 0 unspecified atom stereocenters. The van der Waals surface area contributed by atoms with Crippen LogP contribution in [-0.2, 0) is 23.9 Å². The third kappa shape index (κ3) is 4.30. The normalized spacial score (nSPS) is 11.8. The Labute approximate surface area is 134 Å². The van der Waals surface area contributed by atoms with E-state index in [0.29, 0.717) is 4.57 Å². The Hall–Kier alpha value is -2.45. The predicted octanol–water partition coefficient (Wildman–Crippen LogP) is 3.50. The van der Waals surface area contributed by atoms with Crippen molar-refractivity contribution in [1.82, 2.24) is 14.5 Å². The number of alkyl halides is 5. The molecule has 0 saturated heterocycles. The average molecular weight is 347 g/mol. The molecule has 0 aliphatic carbocycles. The van der Waals surface area contributed by atoms with E-state index in [1.54, 1.807) is 0 Å². The Morgan fingerprint density at radius 3 is 2.67 bits per heavy atom. The Balaban J connectivity index is 2.05. The van der Waals surface area contributed by atoms with Crippen LogP contribution in [0, 0.1) is 0 Å². The summed E-state index contributed by atoms with van der Waals surface area (Å²) in [5, 5.41) is 0. The molecule has 0 N–H and O–H groups in total. The predicted molar refractivity (Wildman–Crippen MR) is 75.1 cm³/mol. The first-order chi connectivity index (χ1) is 11.2. The molecule has 1 aromatic heterocycles. The lowest BCUT2D eigenvalue weighted by atomic mass is 10.1. The van der Waals surface area contributed by atoms with Crippen molar-refractivity contribution in [2.45, 2.75) is 25.7 Å². The van der Waals surface area contributed by atoms with Crippen molar-refractivity contribution in [3.05, 3.63) is 53.6 Å². The van der Waals surface area contributed by atoms with Crippen LogP contribution in [0.1, 0.15) is 23.5 Å². The standard InChI is InChI=1S/C15H14F5N3O/c1-22(9-12-21-5-6-23(12)14(16)17)13(24)8-10-3-2-4-11(7-10)15(18,19)20/h2-7,14H,8-9H2,1H3. The fraction of sp³-hybridized carbons (Fsp3) is 0.333. The number of imidazole rings is 1. The lowest BCUT2D eigenvalue weighted by Gasteiger charge is -2.18. The largest absolute Gasteiger partial charge is 0.416 e. The first-order valence-electron chi connectivity index (χ1n) is 6.88. The van der Waals surface area contributed by atoms with Gasteiger partial charge in [0.15, 0.2) is 0 Å². The quantitative estimate of drug-likeness (QED) is 0.777. The number of nitrogens with zero attached hydrogens (tertiary/aromatic N) is 3. The molecular formula is C15H14F5N3O. The molecule has 2 aromatic rings. The van der Waals surface area contributed by atoms with E-state index in [1.165, 1.54) is 25.4 Å². The maximum Gasteiger partial charge on any atom is 0.416 e. The minimum absolute atomic E-state index is 0.00936. The van der Waals surface area contributed by atoms with Gasteiger partial charge in [-0.1, -0.05) is 18.2 Å². The number of likely N-dealkylation sites (N-methyl/N-ethyl adjacent to an activating group) is 1. The second kappa shape index (κ2) is 6.98. The van der Waals surface area contributed by atoms with E-state index in [0.717, 1.165) is 23.2 Å². The van der Waals surface area contributed by atoms with Crippen LogP contribution in [0.3, 0.4) is 0 Å². The van der Waals surface area contributed by atoms with Crippen LogP contribution in [0.25, 0.3) is 0 Å². The number of hydrogen-bond donors (Lipinski definition) is 0. The molecule has 1 aromatic carbocycles. The average Bonchev–Trinajstić information content (AvgIpc) is 2.95. The van der Waals surface area contributed by atoms with Crippen molar-refractivity contribution in [2.24, 2.45) is 0 Å². The highest BCUT2D eigenvalue weighted by Gasteiger charge is 2.30. The maximum absolute atomic E-state index is 12.7. The number of carbonyl (C=O) groups excluding carboxylic acids is 1. The fourth-order valence-electron chi connectivity index (χ4n) is 2.11. The van der Waals surface area contributed by atoms with E-state index in [-0.39, 0.29) is 24.4 Å². The highest BCUT2D eigenvalue weighted by Crippen LogP contribution is 2.29. The van der Waals surface area contributed by atoms with Gasteiger partial charge in [-0.2, -0.15) is 22.0 Å². The number of benzene rings is 1. The van der Waals surface area contributed by atoms with Crippen LogP contribution >= 0.6 is 0 Å². The van der Waals surface area contributed by atoms with Gasteiger partial charge in [0.2, 0.25) is 5.91 Å². The molecule has 0 atom stereocenters. The molecule has 0 bridgehead atoms. The van der Waals surface area contributed by atoms with E-state index in [4.69, 9.17) is 0 Å². The van der Waals surface area contributed by atoms with Crippen LogP contribution in [0.2, 0.25) is 0 Å². The summed E-state index contributed by atoms with van der Waals surface area (Å²) in [6, 6.07) is 4.43. The van der Waals surface area contributed by atoms with Crippen molar-refractivity contribution < 1.29 is 26.7 Å². The summed E-state index contributed by atoms with van der Waals surface area (Å²) in [5.74, 6) is -0.511. The second-order valence-electron chi connectivity index (χ2n) is 5.15. The van der Waals surface area contributed by atoms with Gasteiger partial charge in [-0.15, -0.1) is 0 Å². The minimum Gasteiger partial charge on any atom is -0.338 e. The third-order valence-corrected chi connectivity index (χ3v) is 3.37. The van der Waals surface area contributed by atoms with Crippen molar-refractivity contribution >= 4 is 5.91 Å². The number of aromatic nitrogens is 2. The van der Waals surface area contributed by atoms with Crippen molar-refractivity contribution in [1.29, 1.82) is 0 Å². The highest BCUT2D eigenvalue weighted by molar-refractivity contribution is 5.78. The van der Waals surface area contributed by atoms with E-state index >= 15 is 0 Å². The van der Waals surface area contributed by atoms with E-state index in [1.807, 2.05) is 0 Å².